The second-order valence-electron chi connectivity index (χ2n) is 7.13. The standard InChI is InChI=1S/C16H24N4O15S/c17-6-12(36(27,28)29)30-9(21)3-1-7(18)13(24)31-16(20)5-11(23)33-32-10(22)4-2-8(19)14(25)34-35-15(16)26/h7-8,12H,1-6,17-20H2,(H,27,28,29)/t7-,8-,12?,16?/m1/s1. The molecular formula is C16H24N4O15S. The van der Waals surface area contributed by atoms with Crippen LogP contribution in [-0.4, -0.2) is 78.6 Å². The summed E-state index contributed by atoms with van der Waals surface area (Å²) in [6.07, 6.45) is -3.43. The number of hydrogen-bond donors (Lipinski definition) is 5. The van der Waals surface area contributed by atoms with Gasteiger partial charge in [-0.25, -0.2) is 38.7 Å². The summed E-state index contributed by atoms with van der Waals surface area (Å²) < 4.78 is 40.0. The molecule has 0 amide bonds. The van der Waals surface area contributed by atoms with E-state index in [1.165, 1.54) is 0 Å². The van der Waals surface area contributed by atoms with Gasteiger partial charge in [-0.2, -0.15) is 8.42 Å². The molecule has 19 nitrogen and oxygen atoms in total. The molecule has 0 aromatic carbocycles. The molecule has 1 rings (SSSR count). The van der Waals surface area contributed by atoms with Crippen molar-refractivity contribution in [3.63, 3.8) is 0 Å². The summed E-state index contributed by atoms with van der Waals surface area (Å²) in [6, 6.07) is -3.19. The zero-order valence-corrected chi connectivity index (χ0v) is 19.2. The van der Waals surface area contributed by atoms with Crippen LogP contribution in [0.15, 0.2) is 0 Å². The quantitative estimate of drug-likeness (QED) is 0.0831. The molecule has 1 heterocycles. The third kappa shape index (κ3) is 9.67. The van der Waals surface area contributed by atoms with Crippen molar-refractivity contribution in [3.8, 4) is 0 Å². The Morgan fingerprint density at radius 2 is 1.72 bits per heavy atom. The van der Waals surface area contributed by atoms with Gasteiger partial charge in [0.2, 0.25) is 5.44 Å². The van der Waals surface area contributed by atoms with E-state index in [9.17, 15) is 37.2 Å². The van der Waals surface area contributed by atoms with Crippen LogP contribution in [0.2, 0.25) is 0 Å². The Bertz CT molecular complexity index is 986. The Labute approximate surface area is 202 Å². The van der Waals surface area contributed by atoms with E-state index in [0.29, 0.717) is 0 Å². The van der Waals surface area contributed by atoms with Crippen molar-refractivity contribution in [3.05, 3.63) is 0 Å². The second-order valence-corrected chi connectivity index (χ2v) is 8.69. The SMILES string of the molecule is NCC(OC(=O)CC[C@@H](N)C(=O)OC1(N)CC(=O)OOC(=O)CC[C@@H](N)C(=O)OOC1=O)S(=O)(=O)O. The predicted molar refractivity (Wildman–Crippen MR) is 107 cm³/mol. The van der Waals surface area contributed by atoms with Gasteiger partial charge < -0.3 is 26.7 Å². The summed E-state index contributed by atoms with van der Waals surface area (Å²) in [6.45, 7) is -0.767. The molecule has 2 unspecified atom stereocenters. The van der Waals surface area contributed by atoms with Crippen molar-refractivity contribution in [1.29, 1.82) is 0 Å². The molecule has 0 aromatic rings. The molecule has 1 aliphatic heterocycles. The Morgan fingerprint density at radius 3 is 2.31 bits per heavy atom. The van der Waals surface area contributed by atoms with Crippen molar-refractivity contribution in [2.24, 2.45) is 22.9 Å². The van der Waals surface area contributed by atoms with Gasteiger partial charge >= 0.3 is 45.9 Å². The summed E-state index contributed by atoms with van der Waals surface area (Å²) in [5.74, 6) is -8.48. The highest BCUT2D eigenvalue weighted by atomic mass is 32.2. The molecule has 0 bridgehead atoms. The first-order chi connectivity index (χ1) is 16.6. The highest BCUT2D eigenvalue weighted by Crippen LogP contribution is 2.17. The molecule has 9 N–H and O–H groups in total. The average molecular weight is 544 g/mol. The summed E-state index contributed by atoms with van der Waals surface area (Å²) in [4.78, 5) is 88.2. The van der Waals surface area contributed by atoms with Gasteiger partial charge in [0.25, 0.3) is 5.72 Å². The van der Waals surface area contributed by atoms with Gasteiger partial charge in [0.05, 0.1) is 6.42 Å². The third-order valence-corrected chi connectivity index (χ3v) is 5.13. The molecule has 0 aromatic heterocycles. The molecule has 0 saturated carbocycles. The van der Waals surface area contributed by atoms with Crippen LogP contribution in [0, 0.1) is 0 Å². The third-order valence-electron chi connectivity index (χ3n) is 4.17. The van der Waals surface area contributed by atoms with Crippen LogP contribution in [0.1, 0.15) is 32.1 Å². The highest BCUT2D eigenvalue weighted by Gasteiger charge is 2.46. The minimum Gasteiger partial charge on any atom is -0.442 e. The maximum absolute atomic E-state index is 12.3. The van der Waals surface area contributed by atoms with Crippen LogP contribution < -0.4 is 22.9 Å². The maximum atomic E-state index is 12.3. The summed E-state index contributed by atoms with van der Waals surface area (Å²) in [5, 5.41) is 0. The molecular weight excluding hydrogens is 520 g/mol. The zero-order chi connectivity index (χ0) is 27.7. The maximum Gasteiger partial charge on any atom is 0.414 e. The van der Waals surface area contributed by atoms with Crippen molar-refractivity contribution in [2.45, 2.75) is 55.3 Å². The normalized spacial score (nSPS) is 23.8. The topological polar surface area (TPSA) is 316 Å². The Morgan fingerprint density at radius 1 is 1.11 bits per heavy atom. The second kappa shape index (κ2) is 13.0. The summed E-state index contributed by atoms with van der Waals surface area (Å²) in [5.41, 5.74) is 16.6. The predicted octanol–water partition coefficient (Wildman–Crippen LogP) is -4.48. The lowest BCUT2D eigenvalue weighted by molar-refractivity contribution is -0.276. The lowest BCUT2D eigenvalue weighted by Gasteiger charge is -2.26. The van der Waals surface area contributed by atoms with Gasteiger partial charge in [-0.1, -0.05) is 0 Å². The molecule has 1 fully saturated rings. The monoisotopic (exact) mass is 544 g/mol. The number of carbonyl (C=O) groups excluding carboxylic acids is 6. The van der Waals surface area contributed by atoms with Crippen LogP contribution >= 0.6 is 0 Å². The Balaban J connectivity index is 2.89. The summed E-state index contributed by atoms with van der Waals surface area (Å²) >= 11 is 0. The van der Waals surface area contributed by atoms with Gasteiger partial charge in [0.1, 0.15) is 18.5 Å². The fraction of sp³-hybridized carbons (Fsp3) is 0.625. The minimum absolute atomic E-state index is 0.344. The molecule has 0 radical (unpaired) electrons. The Hall–Kier alpha value is -3.43. The van der Waals surface area contributed by atoms with Crippen molar-refractivity contribution in [1.82, 2.24) is 0 Å². The number of rotatable bonds is 8. The van der Waals surface area contributed by atoms with Gasteiger partial charge in [-0.3, -0.25) is 19.9 Å². The first kappa shape index (κ1) is 30.6. The lowest BCUT2D eigenvalue weighted by Crippen LogP contribution is -2.56. The Kier molecular flexibility index (Phi) is 11.1. The van der Waals surface area contributed by atoms with E-state index in [1.54, 1.807) is 0 Å². The van der Waals surface area contributed by atoms with E-state index in [0.717, 1.165) is 0 Å². The first-order valence-electron chi connectivity index (χ1n) is 9.80. The highest BCUT2D eigenvalue weighted by molar-refractivity contribution is 7.86. The zero-order valence-electron chi connectivity index (χ0n) is 18.4. The van der Waals surface area contributed by atoms with Crippen molar-refractivity contribution in [2.75, 3.05) is 6.54 Å². The van der Waals surface area contributed by atoms with Gasteiger partial charge in [-0.05, 0) is 12.8 Å². The molecule has 20 heteroatoms. The molecule has 4 atom stereocenters. The minimum atomic E-state index is -4.81. The van der Waals surface area contributed by atoms with Crippen LogP contribution in [0.3, 0.4) is 0 Å². The smallest absolute Gasteiger partial charge is 0.414 e. The number of esters is 2. The van der Waals surface area contributed by atoms with Crippen LogP contribution in [0.5, 0.6) is 0 Å². The van der Waals surface area contributed by atoms with E-state index >= 15 is 0 Å². The van der Waals surface area contributed by atoms with E-state index in [-0.39, 0.29) is 6.42 Å². The number of ether oxygens (including phenoxy) is 2. The molecule has 0 aliphatic carbocycles. The van der Waals surface area contributed by atoms with E-state index in [4.69, 9.17) is 32.2 Å². The van der Waals surface area contributed by atoms with Gasteiger partial charge in [-0.15, -0.1) is 0 Å². The number of nitrogens with two attached hydrogens (primary N) is 4. The fourth-order valence-corrected chi connectivity index (χ4v) is 2.69. The first-order valence-corrected chi connectivity index (χ1v) is 11.3. The average Bonchev–Trinajstić information content (AvgIpc) is 2.79. The fourth-order valence-electron chi connectivity index (χ4n) is 2.21. The molecule has 1 saturated heterocycles. The van der Waals surface area contributed by atoms with Crippen molar-refractivity contribution >= 4 is 45.9 Å². The summed E-state index contributed by atoms with van der Waals surface area (Å²) in [7, 11) is -4.81. The van der Waals surface area contributed by atoms with Crippen LogP contribution in [0.25, 0.3) is 0 Å². The van der Waals surface area contributed by atoms with Gasteiger partial charge in [0, 0.05) is 13.0 Å². The van der Waals surface area contributed by atoms with Crippen LogP contribution in [0.4, 0.5) is 0 Å². The number of hydrogen-bond acceptors (Lipinski definition) is 18. The van der Waals surface area contributed by atoms with Crippen LogP contribution in [-0.2, 0) is 67.9 Å². The van der Waals surface area contributed by atoms with Crippen molar-refractivity contribution < 1.29 is 70.8 Å². The van der Waals surface area contributed by atoms with E-state index in [1.807, 2.05) is 0 Å². The molecule has 36 heavy (non-hydrogen) atoms. The molecule has 204 valence electrons. The van der Waals surface area contributed by atoms with Gasteiger partial charge in [0.15, 0.2) is 0 Å². The molecule has 0 spiro atoms. The van der Waals surface area contributed by atoms with E-state index < -0.39 is 101 Å². The molecule has 1 aliphatic rings. The largest absolute Gasteiger partial charge is 0.442 e. The number of carbonyl (C=O) groups is 6. The lowest BCUT2D eigenvalue weighted by atomic mass is 10.1. The van der Waals surface area contributed by atoms with E-state index in [2.05, 4.69) is 24.3 Å².